The first-order valence-corrected chi connectivity index (χ1v) is 8.38. The van der Waals surface area contributed by atoms with Crippen molar-refractivity contribution < 1.29 is 14.3 Å². The van der Waals surface area contributed by atoms with Gasteiger partial charge in [-0.05, 0) is 36.8 Å². The lowest BCUT2D eigenvalue weighted by molar-refractivity contribution is -0.122. The fraction of sp³-hybridized carbons (Fsp3) is 0.263. The first kappa shape index (κ1) is 17.3. The van der Waals surface area contributed by atoms with Crippen LogP contribution in [0.4, 0.5) is 11.4 Å². The monoisotopic (exact) mass is 358 g/mol. The topological polar surface area (TPSA) is 58.6 Å². The molecule has 1 heterocycles. The van der Waals surface area contributed by atoms with Crippen molar-refractivity contribution in [3.8, 4) is 5.75 Å². The number of nitrogens with zero attached hydrogens (tertiary/aromatic N) is 1. The maximum Gasteiger partial charge on any atom is 0.229 e. The normalized spacial score (nSPS) is 16.8. The van der Waals surface area contributed by atoms with Crippen LogP contribution in [0.25, 0.3) is 0 Å². The molecule has 2 amide bonds. The quantitative estimate of drug-likeness (QED) is 0.907. The summed E-state index contributed by atoms with van der Waals surface area (Å²) in [4.78, 5) is 26.6. The van der Waals surface area contributed by atoms with Gasteiger partial charge in [0.2, 0.25) is 11.8 Å². The van der Waals surface area contributed by atoms with Crippen LogP contribution in [0.3, 0.4) is 0 Å². The third kappa shape index (κ3) is 3.61. The van der Waals surface area contributed by atoms with Crippen LogP contribution in [-0.4, -0.2) is 25.5 Å². The van der Waals surface area contributed by atoms with Crippen molar-refractivity contribution in [2.75, 3.05) is 23.9 Å². The molecule has 1 aliphatic heterocycles. The van der Waals surface area contributed by atoms with Gasteiger partial charge >= 0.3 is 0 Å². The zero-order valence-electron chi connectivity index (χ0n) is 14.1. The molecule has 25 heavy (non-hydrogen) atoms. The van der Waals surface area contributed by atoms with Gasteiger partial charge in [-0.3, -0.25) is 9.59 Å². The Morgan fingerprint density at radius 1 is 1.28 bits per heavy atom. The first-order chi connectivity index (χ1) is 12.0. The number of carbonyl (C=O) groups excluding carboxylic acids is 2. The van der Waals surface area contributed by atoms with Crippen LogP contribution in [0.1, 0.15) is 12.0 Å². The van der Waals surface area contributed by atoms with Crippen molar-refractivity contribution in [3.63, 3.8) is 0 Å². The zero-order valence-corrected chi connectivity index (χ0v) is 14.8. The minimum atomic E-state index is -0.421. The number of hydrogen-bond acceptors (Lipinski definition) is 3. The number of amides is 2. The summed E-state index contributed by atoms with van der Waals surface area (Å²) in [6.07, 6.45) is 0.170. The fourth-order valence-corrected chi connectivity index (χ4v) is 3.10. The Morgan fingerprint density at radius 2 is 2.04 bits per heavy atom. The van der Waals surface area contributed by atoms with Crippen molar-refractivity contribution in [2.24, 2.45) is 5.92 Å². The first-order valence-electron chi connectivity index (χ1n) is 8.00. The Hall–Kier alpha value is -2.53. The summed E-state index contributed by atoms with van der Waals surface area (Å²) in [5, 5.41) is 3.44. The third-order valence-corrected chi connectivity index (χ3v) is 4.56. The van der Waals surface area contributed by atoms with Gasteiger partial charge in [-0.25, -0.2) is 0 Å². The predicted octanol–water partition coefficient (Wildman–Crippen LogP) is 3.65. The van der Waals surface area contributed by atoms with E-state index in [0.29, 0.717) is 28.7 Å². The molecule has 0 aromatic heterocycles. The van der Waals surface area contributed by atoms with Crippen molar-refractivity contribution in [1.82, 2.24) is 0 Å². The summed E-state index contributed by atoms with van der Waals surface area (Å²) in [6.45, 7) is 2.22. The van der Waals surface area contributed by atoms with Crippen LogP contribution >= 0.6 is 11.6 Å². The summed E-state index contributed by atoms with van der Waals surface area (Å²) < 4.78 is 5.32. The highest BCUT2D eigenvalue weighted by Crippen LogP contribution is 2.33. The molecule has 1 fully saturated rings. The van der Waals surface area contributed by atoms with Gasteiger partial charge in [-0.1, -0.05) is 29.8 Å². The Balaban J connectivity index is 1.76. The van der Waals surface area contributed by atoms with Crippen LogP contribution in [0.5, 0.6) is 5.75 Å². The molecule has 1 N–H and O–H groups in total. The average Bonchev–Trinajstić information content (AvgIpc) is 3.00. The van der Waals surface area contributed by atoms with Crippen molar-refractivity contribution in [1.29, 1.82) is 0 Å². The minimum absolute atomic E-state index is 0.0903. The van der Waals surface area contributed by atoms with Gasteiger partial charge in [0.25, 0.3) is 0 Å². The molecule has 1 aliphatic rings. The molecular weight excluding hydrogens is 340 g/mol. The molecule has 3 rings (SSSR count). The fourth-order valence-electron chi connectivity index (χ4n) is 2.93. The molecule has 0 spiro atoms. The Labute approximate surface area is 151 Å². The Kier molecular flexibility index (Phi) is 4.95. The van der Waals surface area contributed by atoms with Crippen LogP contribution in [0, 0.1) is 12.8 Å². The summed E-state index contributed by atoms with van der Waals surface area (Å²) in [6, 6.07) is 12.6. The van der Waals surface area contributed by atoms with Crippen molar-refractivity contribution in [3.05, 3.63) is 53.1 Å². The van der Waals surface area contributed by atoms with Gasteiger partial charge in [0.1, 0.15) is 5.75 Å². The van der Waals surface area contributed by atoms with E-state index < -0.39 is 5.92 Å². The van der Waals surface area contributed by atoms with E-state index in [2.05, 4.69) is 5.32 Å². The molecule has 5 nitrogen and oxygen atoms in total. The molecule has 0 saturated carbocycles. The predicted molar refractivity (Wildman–Crippen MR) is 98.3 cm³/mol. The van der Waals surface area contributed by atoms with Crippen molar-refractivity contribution in [2.45, 2.75) is 13.3 Å². The van der Waals surface area contributed by atoms with Gasteiger partial charge in [0.05, 0.1) is 18.7 Å². The van der Waals surface area contributed by atoms with E-state index >= 15 is 0 Å². The molecule has 0 bridgehead atoms. The van der Waals surface area contributed by atoms with Crippen LogP contribution < -0.4 is 15.0 Å². The highest BCUT2D eigenvalue weighted by molar-refractivity contribution is 6.31. The number of anilines is 2. The number of hydrogen-bond donors (Lipinski definition) is 1. The average molecular weight is 359 g/mol. The zero-order chi connectivity index (χ0) is 18.0. The second-order valence-electron chi connectivity index (χ2n) is 6.03. The third-order valence-electron chi connectivity index (χ3n) is 4.33. The molecule has 0 aliphatic carbocycles. The molecule has 1 saturated heterocycles. The number of rotatable bonds is 4. The smallest absolute Gasteiger partial charge is 0.229 e. The number of nitrogens with one attached hydrogen (secondary N) is 1. The lowest BCUT2D eigenvalue weighted by Gasteiger charge is -2.19. The van der Waals surface area contributed by atoms with E-state index in [-0.39, 0.29) is 18.2 Å². The molecular formula is C19H19ClN2O3. The second-order valence-corrected chi connectivity index (χ2v) is 6.46. The van der Waals surface area contributed by atoms with E-state index in [9.17, 15) is 9.59 Å². The van der Waals surface area contributed by atoms with Crippen LogP contribution in [0.2, 0.25) is 5.02 Å². The summed E-state index contributed by atoms with van der Waals surface area (Å²) >= 11 is 5.99. The van der Waals surface area contributed by atoms with Gasteiger partial charge in [-0.2, -0.15) is 0 Å². The van der Waals surface area contributed by atoms with Crippen molar-refractivity contribution >= 4 is 34.8 Å². The molecule has 0 radical (unpaired) electrons. The number of ether oxygens (including phenoxy) is 1. The summed E-state index contributed by atoms with van der Waals surface area (Å²) in [5.74, 6) is -0.0815. The van der Waals surface area contributed by atoms with E-state index in [1.54, 1.807) is 30.2 Å². The highest BCUT2D eigenvalue weighted by atomic mass is 35.5. The van der Waals surface area contributed by atoms with E-state index in [0.717, 1.165) is 5.56 Å². The lowest BCUT2D eigenvalue weighted by Crippen LogP contribution is -2.28. The number of halogens is 1. The molecule has 6 heteroatoms. The van der Waals surface area contributed by atoms with Crippen LogP contribution in [0.15, 0.2) is 42.5 Å². The number of para-hydroxylation sites is 2. The molecule has 2 aromatic carbocycles. The lowest BCUT2D eigenvalue weighted by atomic mass is 10.1. The highest BCUT2D eigenvalue weighted by Gasteiger charge is 2.36. The number of methoxy groups -OCH3 is 1. The standard InChI is InChI=1S/C19H19ClN2O3/c1-12-7-8-14(20)10-15(12)21-19(24)13-9-18(23)22(11-13)16-5-3-4-6-17(16)25-2/h3-8,10,13H,9,11H2,1-2H3,(H,21,24). The van der Waals surface area contributed by atoms with E-state index in [1.807, 2.05) is 31.2 Å². The number of aryl methyl sites for hydroxylation is 1. The maximum absolute atomic E-state index is 12.6. The van der Waals surface area contributed by atoms with Gasteiger partial charge < -0.3 is 15.0 Å². The maximum atomic E-state index is 12.6. The largest absolute Gasteiger partial charge is 0.495 e. The Morgan fingerprint density at radius 3 is 2.80 bits per heavy atom. The van der Waals surface area contributed by atoms with Crippen LogP contribution in [-0.2, 0) is 9.59 Å². The van der Waals surface area contributed by atoms with Gasteiger partial charge in [-0.15, -0.1) is 0 Å². The molecule has 130 valence electrons. The number of benzene rings is 2. The van der Waals surface area contributed by atoms with Gasteiger partial charge in [0.15, 0.2) is 0 Å². The summed E-state index contributed by atoms with van der Waals surface area (Å²) in [7, 11) is 1.56. The Bertz CT molecular complexity index is 822. The number of carbonyl (C=O) groups is 2. The SMILES string of the molecule is COc1ccccc1N1CC(C(=O)Nc2cc(Cl)ccc2C)CC1=O. The van der Waals surface area contributed by atoms with E-state index in [1.165, 1.54) is 0 Å². The molecule has 1 unspecified atom stereocenters. The van der Waals surface area contributed by atoms with E-state index in [4.69, 9.17) is 16.3 Å². The minimum Gasteiger partial charge on any atom is -0.495 e. The second kappa shape index (κ2) is 7.15. The summed E-state index contributed by atoms with van der Waals surface area (Å²) in [5.41, 5.74) is 2.27. The van der Waals surface area contributed by atoms with Gasteiger partial charge in [0, 0.05) is 23.7 Å². The molecule has 1 atom stereocenters. The molecule has 2 aromatic rings.